The fourth-order valence-corrected chi connectivity index (χ4v) is 3.38. The lowest BCUT2D eigenvalue weighted by Gasteiger charge is -2.15. The summed E-state index contributed by atoms with van der Waals surface area (Å²) in [6.45, 7) is 3.58. The predicted octanol–water partition coefficient (Wildman–Crippen LogP) is 1.36. The van der Waals surface area contributed by atoms with E-state index in [1.54, 1.807) is 0 Å². The molecule has 0 bridgehead atoms. The number of nitrogens with one attached hydrogen (secondary N) is 1. The number of aromatic carboxylic acids is 1. The van der Waals surface area contributed by atoms with E-state index in [1.165, 1.54) is 6.92 Å². The fraction of sp³-hybridized carbons (Fsp3) is 0.615. The Balaban J connectivity index is 2.83. The lowest BCUT2D eigenvalue weighted by atomic mass is 10.0. The first-order valence-corrected chi connectivity index (χ1v) is 8.24. The van der Waals surface area contributed by atoms with E-state index in [4.69, 9.17) is 14.6 Å². The number of rotatable bonds is 9. The van der Waals surface area contributed by atoms with E-state index in [9.17, 15) is 13.2 Å². The van der Waals surface area contributed by atoms with Gasteiger partial charge in [0, 0.05) is 19.2 Å². The minimum atomic E-state index is -3.82. The standard InChI is InChI=1S/C13H21NO6S/c1-3-4-10(5-6-15)8-14-21(18,19)12-7-11(13(16)17)20-9(12)2/h7,10,14-15H,3-6,8H2,1-2H3,(H,16,17). The average Bonchev–Trinajstić information content (AvgIpc) is 2.80. The van der Waals surface area contributed by atoms with Crippen molar-refractivity contribution in [3.8, 4) is 0 Å². The maximum absolute atomic E-state index is 12.2. The zero-order valence-corrected chi connectivity index (χ0v) is 12.9. The highest BCUT2D eigenvalue weighted by molar-refractivity contribution is 7.89. The molecule has 1 heterocycles. The van der Waals surface area contributed by atoms with E-state index in [2.05, 4.69) is 4.72 Å². The van der Waals surface area contributed by atoms with Gasteiger partial charge in [-0.15, -0.1) is 0 Å². The Morgan fingerprint density at radius 2 is 2.10 bits per heavy atom. The van der Waals surface area contributed by atoms with Crippen molar-refractivity contribution in [2.45, 2.75) is 38.0 Å². The van der Waals surface area contributed by atoms with Gasteiger partial charge in [-0.25, -0.2) is 17.9 Å². The van der Waals surface area contributed by atoms with Crippen LogP contribution < -0.4 is 4.72 Å². The van der Waals surface area contributed by atoms with Crippen LogP contribution in [0.1, 0.15) is 42.5 Å². The molecule has 0 saturated carbocycles. The van der Waals surface area contributed by atoms with Gasteiger partial charge in [-0.3, -0.25) is 0 Å². The summed E-state index contributed by atoms with van der Waals surface area (Å²) < 4.78 is 31.7. The Bertz CT molecular complexity index is 571. The third-order valence-electron chi connectivity index (χ3n) is 3.17. The summed E-state index contributed by atoms with van der Waals surface area (Å²) in [4.78, 5) is 10.6. The van der Waals surface area contributed by atoms with Gasteiger partial charge < -0.3 is 14.6 Å². The molecular weight excluding hydrogens is 298 g/mol. The Labute approximate surface area is 124 Å². The predicted molar refractivity (Wildman–Crippen MR) is 75.7 cm³/mol. The zero-order chi connectivity index (χ0) is 16.0. The van der Waals surface area contributed by atoms with E-state index in [-0.39, 0.29) is 29.7 Å². The third kappa shape index (κ3) is 4.83. The number of carboxylic acids is 1. The molecule has 0 radical (unpaired) electrons. The molecule has 1 aromatic heterocycles. The number of aliphatic hydroxyl groups excluding tert-OH is 1. The SMILES string of the molecule is CCCC(CCO)CNS(=O)(=O)c1cc(C(=O)O)oc1C. The number of furan rings is 1. The number of carboxylic acid groups (broad SMARTS) is 1. The van der Waals surface area contributed by atoms with E-state index < -0.39 is 21.8 Å². The van der Waals surface area contributed by atoms with Gasteiger partial charge in [-0.05, 0) is 25.7 Å². The van der Waals surface area contributed by atoms with Gasteiger partial charge >= 0.3 is 5.97 Å². The molecule has 0 fully saturated rings. The molecule has 0 spiro atoms. The van der Waals surface area contributed by atoms with Crippen LogP contribution in [-0.2, 0) is 10.0 Å². The van der Waals surface area contributed by atoms with Gasteiger partial charge in [-0.2, -0.15) is 0 Å². The first-order valence-electron chi connectivity index (χ1n) is 6.76. The van der Waals surface area contributed by atoms with Crippen molar-refractivity contribution in [1.29, 1.82) is 0 Å². The number of sulfonamides is 1. The maximum Gasteiger partial charge on any atom is 0.371 e. The summed E-state index contributed by atoms with van der Waals surface area (Å²) in [5, 5.41) is 17.8. The molecule has 0 saturated heterocycles. The number of aliphatic hydroxyl groups is 1. The van der Waals surface area contributed by atoms with E-state index in [1.807, 2.05) is 6.92 Å². The molecule has 1 unspecified atom stereocenters. The smallest absolute Gasteiger partial charge is 0.371 e. The van der Waals surface area contributed by atoms with Gasteiger partial charge in [0.2, 0.25) is 15.8 Å². The number of aryl methyl sites for hydroxylation is 1. The van der Waals surface area contributed by atoms with E-state index in [0.717, 1.165) is 18.9 Å². The highest BCUT2D eigenvalue weighted by Gasteiger charge is 2.24. The number of carbonyl (C=O) groups is 1. The minimum absolute atomic E-state index is 0.000292. The molecule has 1 rings (SSSR count). The highest BCUT2D eigenvalue weighted by Crippen LogP contribution is 2.20. The Morgan fingerprint density at radius 3 is 2.57 bits per heavy atom. The summed E-state index contributed by atoms with van der Waals surface area (Å²) in [6, 6.07) is 1.00. The first-order chi connectivity index (χ1) is 9.81. The van der Waals surface area contributed by atoms with Crippen LogP contribution in [0.15, 0.2) is 15.4 Å². The second kappa shape index (κ2) is 7.58. The van der Waals surface area contributed by atoms with Crippen molar-refractivity contribution in [1.82, 2.24) is 4.72 Å². The van der Waals surface area contributed by atoms with E-state index in [0.29, 0.717) is 6.42 Å². The van der Waals surface area contributed by atoms with Gasteiger partial charge in [0.05, 0.1) is 0 Å². The normalized spacial score (nSPS) is 13.3. The molecule has 8 heteroatoms. The molecule has 21 heavy (non-hydrogen) atoms. The Hall–Kier alpha value is -1.38. The summed E-state index contributed by atoms with van der Waals surface area (Å²) in [5.41, 5.74) is 0. The van der Waals surface area contributed by atoms with Crippen LogP contribution >= 0.6 is 0 Å². The van der Waals surface area contributed by atoms with Gasteiger partial charge in [0.25, 0.3) is 0 Å². The molecule has 120 valence electrons. The van der Waals surface area contributed by atoms with Crippen LogP contribution in [0.3, 0.4) is 0 Å². The topological polar surface area (TPSA) is 117 Å². The van der Waals surface area contributed by atoms with Crippen LogP contribution in [0.5, 0.6) is 0 Å². The quantitative estimate of drug-likeness (QED) is 0.633. The van der Waals surface area contributed by atoms with Crippen LogP contribution in [0, 0.1) is 12.8 Å². The van der Waals surface area contributed by atoms with Crippen LogP contribution in [0.2, 0.25) is 0 Å². The molecule has 0 aliphatic rings. The van der Waals surface area contributed by atoms with Crippen molar-refractivity contribution in [2.24, 2.45) is 5.92 Å². The lowest BCUT2D eigenvalue weighted by Crippen LogP contribution is -2.30. The number of hydrogen-bond acceptors (Lipinski definition) is 5. The van der Waals surface area contributed by atoms with Crippen molar-refractivity contribution in [2.75, 3.05) is 13.2 Å². The Morgan fingerprint density at radius 1 is 1.43 bits per heavy atom. The van der Waals surface area contributed by atoms with Gasteiger partial charge in [0.15, 0.2) is 0 Å². The zero-order valence-electron chi connectivity index (χ0n) is 12.1. The molecule has 0 amide bonds. The van der Waals surface area contributed by atoms with Crippen molar-refractivity contribution in [3.05, 3.63) is 17.6 Å². The van der Waals surface area contributed by atoms with Crippen LogP contribution in [0.4, 0.5) is 0 Å². The van der Waals surface area contributed by atoms with Crippen LogP contribution in [-0.4, -0.2) is 37.8 Å². The molecule has 0 aliphatic heterocycles. The van der Waals surface area contributed by atoms with Gasteiger partial charge in [0.1, 0.15) is 10.7 Å². The fourth-order valence-electron chi connectivity index (χ4n) is 2.08. The first kappa shape index (κ1) is 17.7. The average molecular weight is 319 g/mol. The molecule has 1 aromatic rings. The van der Waals surface area contributed by atoms with Gasteiger partial charge in [-0.1, -0.05) is 13.3 Å². The summed E-state index contributed by atoms with van der Waals surface area (Å²) in [7, 11) is -3.82. The summed E-state index contributed by atoms with van der Waals surface area (Å²) >= 11 is 0. The number of hydrogen-bond donors (Lipinski definition) is 3. The minimum Gasteiger partial charge on any atom is -0.475 e. The molecule has 3 N–H and O–H groups in total. The largest absolute Gasteiger partial charge is 0.475 e. The second-order valence-corrected chi connectivity index (χ2v) is 6.59. The second-order valence-electron chi connectivity index (χ2n) is 4.86. The monoisotopic (exact) mass is 319 g/mol. The van der Waals surface area contributed by atoms with Crippen molar-refractivity contribution in [3.63, 3.8) is 0 Å². The lowest BCUT2D eigenvalue weighted by molar-refractivity contribution is 0.0661. The van der Waals surface area contributed by atoms with Crippen molar-refractivity contribution >= 4 is 16.0 Å². The van der Waals surface area contributed by atoms with Crippen LogP contribution in [0.25, 0.3) is 0 Å². The maximum atomic E-state index is 12.2. The summed E-state index contributed by atoms with van der Waals surface area (Å²) in [5.74, 6) is -1.65. The van der Waals surface area contributed by atoms with Crippen molar-refractivity contribution < 1.29 is 27.8 Å². The molecular formula is C13H21NO6S. The molecule has 0 aliphatic carbocycles. The van der Waals surface area contributed by atoms with E-state index >= 15 is 0 Å². The molecule has 7 nitrogen and oxygen atoms in total. The highest BCUT2D eigenvalue weighted by atomic mass is 32.2. The molecule has 1 atom stereocenters. The molecule has 0 aromatic carbocycles. The Kier molecular flexibility index (Phi) is 6.38. The third-order valence-corrected chi connectivity index (χ3v) is 4.70. The summed E-state index contributed by atoms with van der Waals surface area (Å²) in [6.07, 6.45) is 2.20.